The molecule has 6 atom stereocenters. The van der Waals surface area contributed by atoms with Gasteiger partial charge in [-0.15, -0.1) is 0 Å². The highest BCUT2D eigenvalue weighted by atomic mass is 16.6. The van der Waals surface area contributed by atoms with E-state index in [2.05, 4.69) is 6.92 Å². The number of aliphatic hydroxyl groups is 1. The molecule has 0 aromatic carbocycles. The van der Waals surface area contributed by atoms with Gasteiger partial charge in [-0.2, -0.15) is 0 Å². The lowest BCUT2D eigenvalue weighted by Crippen LogP contribution is -2.51. The molecule has 1 aliphatic heterocycles. The minimum atomic E-state index is -0.884. The molecule has 100 valence electrons. The number of esters is 1. The molecule has 18 heavy (non-hydrogen) atoms. The number of carbonyl (C=O) groups is 1. The van der Waals surface area contributed by atoms with Crippen LogP contribution in [0.1, 0.15) is 51.9 Å². The molecule has 1 heterocycles. The molecule has 0 spiro atoms. The van der Waals surface area contributed by atoms with Crippen LogP contribution in [0, 0.1) is 23.2 Å². The normalized spacial score (nSPS) is 58.0. The maximum Gasteiger partial charge on any atom is 0.335 e. The van der Waals surface area contributed by atoms with E-state index < -0.39 is 11.7 Å². The van der Waals surface area contributed by atoms with E-state index in [4.69, 9.17) is 4.74 Å². The first-order valence-corrected chi connectivity index (χ1v) is 7.48. The summed E-state index contributed by atoms with van der Waals surface area (Å²) in [5.41, 5.74) is -0.201. The summed E-state index contributed by atoms with van der Waals surface area (Å²) in [4.78, 5) is 11.7. The summed E-state index contributed by atoms with van der Waals surface area (Å²) in [5, 5.41) is 9.81. The number of aliphatic hydroxyl groups excluding tert-OH is 1. The maximum atomic E-state index is 11.7. The Labute approximate surface area is 108 Å². The topological polar surface area (TPSA) is 46.5 Å². The van der Waals surface area contributed by atoms with Crippen molar-refractivity contribution in [3.05, 3.63) is 0 Å². The van der Waals surface area contributed by atoms with Crippen LogP contribution >= 0.6 is 0 Å². The van der Waals surface area contributed by atoms with Crippen molar-refractivity contribution in [3.8, 4) is 0 Å². The fourth-order valence-electron chi connectivity index (χ4n) is 6.23. The second-order valence-electron chi connectivity index (χ2n) is 7.18. The van der Waals surface area contributed by atoms with Crippen LogP contribution in [0.2, 0.25) is 0 Å². The fraction of sp³-hybridized carbons (Fsp3) is 0.933. The van der Waals surface area contributed by atoms with E-state index in [0.717, 1.165) is 17.8 Å². The lowest BCUT2D eigenvalue weighted by Gasteiger charge is -2.49. The average Bonchev–Trinajstić information content (AvgIpc) is 3.02. The van der Waals surface area contributed by atoms with E-state index in [9.17, 15) is 9.90 Å². The summed E-state index contributed by atoms with van der Waals surface area (Å²) in [7, 11) is 0. The molecule has 0 amide bonds. The predicted octanol–water partition coefficient (Wildman–Crippen LogP) is 2.27. The Morgan fingerprint density at radius 1 is 1.33 bits per heavy atom. The molecule has 4 rings (SSSR count). The molecule has 4 fully saturated rings. The van der Waals surface area contributed by atoms with Gasteiger partial charge in [-0.3, -0.25) is 0 Å². The van der Waals surface area contributed by atoms with Gasteiger partial charge >= 0.3 is 5.97 Å². The summed E-state index contributed by atoms with van der Waals surface area (Å²) in [6, 6.07) is 0. The number of ether oxygens (including phenoxy) is 1. The van der Waals surface area contributed by atoms with Gasteiger partial charge in [0.25, 0.3) is 0 Å². The molecule has 3 saturated carbocycles. The second kappa shape index (κ2) is 3.30. The largest absolute Gasteiger partial charge is 0.457 e. The van der Waals surface area contributed by atoms with Crippen LogP contribution in [-0.4, -0.2) is 22.8 Å². The number of cyclic esters (lactones) is 1. The molecule has 0 radical (unpaired) electrons. The molecule has 0 aromatic heterocycles. The van der Waals surface area contributed by atoms with Crippen LogP contribution in [0.4, 0.5) is 0 Å². The Bertz CT molecular complexity index is 407. The lowest BCUT2D eigenvalue weighted by molar-refractivity contribution is -0.170. The molecule has 3 nitrogen and oxygen atoms in total. The SMILES string of the molecule is CC1(C23CCCC2C2CCC3C2)CC(O)C(=O)O1. The smallest absolute Gasteiger partial charge is 0.335 e. The lowest BCUT2D eigenvalue weighted by atomic mass is 9.58. The first kappa shape index (κ1) is 11.3. The standard InChI is InChI=1S/C15H22O3/c1-14(8-12(16)13(17)18-14)15-6-2-3-11(15)9-4-5-10(15)7-9/h9-12,16H,2-8H2,1H3. The molecule has 4 aliphatic rings. The Morgan fingerprint density at radius 2 is 2.17 bits per heavy atom. The molecule has 2 bridgehead atoms. The molecule has 3 heteroatoms. The summed E-state index contributed by atoms with van der Waals surface area (Å²) >= 11 is 0. The fourth-order valence-corrected chi connectivity index (χ4v) is 6.23. The van der Waals surface area contributed by atoms with Crippen molar-refractivity contribution in [3.63, 3.8) is 0 Å². The van der Waals surface area contributed by atoms with Crippen LogP contribution in [0.25, 0.3) is 0 Å². The van der Waals surface area contributed by atoms with Gasteiger partial charge in [0, 0.05) is 11.8 Å². The monoisotopic (exact) mass is 250 g/mol. The first-order valence-electron chi connectivity index (χ1n) is 7.48. The zero-order valence-corrected chi connectivity index (χ0v) is 11.0. The van der Waals surface area contributed by atoms with Gasteiger partial charge in [-0.25, -0.2) is 4.79 Å². The van der Waals surface area contributed by atoms with E-state index in [1.807, 2.05) is 0 Å². The van der Waals surface area contributed by atoms with Crippen LogP contribution in [0.5, 0.6) is 0 Å². The molecule has 1 N–H and O–H groups in total. The average molecular weight is 250 g/mol. The highest BCUT2D eigenvalue weighted by molar-refractivity contribution is 5.77. The molecule has 0 aromatic rings. The highest BCUT2D eigenvalue weighted by Crippen LogP contribution is 2.71. The van der Waals surface area contributed by atoms with Gasteiger partial charge in [0.2, 0.25) is 0 Å². The van der Waals surface area contributed by atoms with Crippen molar-refractivity contribution in [2.45, 2.75) is 63.6 Å². The van der Waals surface area contributed by atoms with Gasteiger partial charge in [-0.05, 0) is 56.8 Å². The quantitative estimate of drug-likeness (QED) is 0.726. The highest BCUT2D eigenvalue weighted by Gasteiger charge is 2.70. The van der Waals surface area contributed by atoms with E-state index in [-0.39, 0.29) is 11.4 Å². The second-order valence-corrected chi connectivity index (χ2v) is 7.18. The van der Waals surface area contributed by atoms with E-state index in [1.165, 1.54) is 38.5 Å². The van der Waals surface area contributed by atoms with E-state index in [0.29, 0.717) is 6.42 Å². The Morgan fingerprint density at radius 3 is 2.89 bits per heavy atom. The minimum Gasteiger partial charge on any atom is -0.457 e. The summed E-state index contributed by atoms with van der Waals surface area (Å²) < 4.78 is 5.71. The number of carbonyl (C=O) groups excluding carboxylic acids is 1. The van der Waals surface area contributed by atoms with Gasteiger partial charge < -0.3 is 9.84 Å². The zero-order chi connectivity index (χ0) is 12.5. The van der Waals surface area contributed by atoms with Crippen molar-refractivity contribution < 1.29 is 14.6 Å². The molecule has 6 unspecified atom stereocenters. The first-order chi connectivity index (χ1) is 8.57. The van der Waals surface area contributed by atoms with Gasteiger partial charge in [0.05, 0.1) is 0 Å². The van der Waals surface area contributed by atoms with Crippen molar-refractivity contribution >= 4 is 5.97 Å². The third kappa shape index (κ3) is 1.08. The van der Waals surface area contributed by atoms with Crippen molar-refractivity contribution in [2.75, 3.05) is 0 Å². The number of rotatable bonds is 1. The third-order valence-corrected chi connectivity index (χ3v) is 6.70. The van der Waals surface area contributed by atoms with Gasteiger partial charge in [0.1, 0.15) is 5.60 Å². The summed E-state index contributed by atoms with van der Waals surface area (Å²) in [6.07, 6.45) is 7.46. The number of hydrogen-bond donors (Lipinski definition) is 1. The zero-order valence-electron chi connectivity index (χ0n) is 11.0. The predicted molar refractivity (Wildman–Crippen MR) is 65.7 cm³/mol. The van der Waals surface area contributed by atoms with Gasteiger partial charge in [-0.1, -0.05) is 6.42 Å². The summed E-state index contributed by atoms with van der Waals surface area (Å²) in [6.45, 7) is 2.10. The van der Waals surface area contributed by atoms with Crippen LogP contribution in [0.3, 0.4) is 0 Å². The Balaban J connectivity index is 1.76. The van der Waals surface area contributed by atoms with Crippen molar-refractivity contribution in [1.82, 2.24) is 0 Å². The maximum absolute atomic E-state index is 11.7. The van der Waals surface area contributed by atoms with Crippen molar-refractivity contribution in [2.24, 2.45) is 23.2 Å². The number of fused-ring (bicyclic) bond motifs is 5. The van der Waals surface area contributed by atoms with Crippen LogP contribution in [-0.2, 0) is 9.53 Å². The van der Waals surface area contributed by atoms with Crippen molar-refractivity contribution in [1.29, 1.82) is 0 Å². The molecular formula is C15H22O3. The molecule has 1 saturated heterocycles. The Kier molecular flexibility index (Phi) is 2.07. The third-order valence-electron chi connectivity index (χ3n) is 6.70. The Hall–Kier alpha value is -0.570. The summed E-state index contributed by atoms with van der Waals surface area (Å²) in [5.74, 6) is 1.96. The van der Waals surface area contributed by atoms with Gasteiger partial charge in [0.15, 0.2) is 6.10 Å². The minimum absolute atomic E-state index is 0.197. The molecule has 3 aliphatic carbocycles. The van der Waals surface area contributed by atoms with Crippen LogP contribution in [0.15, 0.2) is 0 Å². The van der Waals surface area contributed by atoms with Crippen LogP contribution < -0.4 is 0 Å². The molecular weight excluding hydrogens is 228 g/mol. The van der Waals surface area contributed by atoms with E-state index >= 15 is 0 Å². The van der Waals surface area contributed by atoms with E-state index in [1.54, 1.807) is 0 Å². The number of hydrogen-bond acceptors (Lipinski definition) is 3.